The zero-order chi connectivity index (χ0) is 15.2. The largest absolute Gasteiger partial charge is 0.368 e. The van der Waals surface area contributed by atoms with Crippen molar-refractivity contribution in [3.8, 4) is 0 Å². The first kappa shape index (κ1) is 15.2. The van der Waals surface area contributed by atoms with E-state index in [1.165, 1.54) is 17.3 Å². The van der Waals surface area contributed by atoms with Gasteiger partial charge in [-0.3, -0.25) is 14.6 Å². The zero-order valence-electron chi connectivity index (χ0n) is 11.2. The number of hydrogen-bond acceptors (Lipinski definition) is 3. The third kappa shape index (κ3) is 4.39. The standard InChI is InChI=1S/C15H14BrN3O2/c16-13-3-1-11(2-4-13)9-19(10-14(17)20)15(21)12-5-7-18-8-6-12/h1-8H,9-10H2,(H2,17,20). The molecule has 0 radical (unpaired) electrons. The van der Waals surface area contributed by atoms with Crippen molar-refractivity contribution in [2.45, 2.75) is 6.54 Å². The van der Waals surface area contributed by atoms with Gasteiger partial charge in [-0.15, -0.1) is 0 Å². The number of nitrogens with zero attached hydrogens (tertiary/aromatic N) is 2. The number of carbonyl (C=O) groups excluding carboxylic acids is 2. The predicted octanol–water partition coefficient (Wildman–Crippen LogP) is 1.97. The predicted molar refractivity (Wildman–Crippen MR) is 82.3 cm³/mol. The van der Waals surface area contributed by atoms with Gasteiger partial charge in [-0.25, -0.2) is 0 Å². The fourth-order valence-electron chi connectivity index (χ4n) is 1.87. The Bertz CT molecular complexity index is 629. The Labute approximate surface area is 130 Å². The van der Waals surface area contributed by atoms with Gasteiger partial charge in [-0.1, -0.05) is 28.1 Å². The lowest BCUT2D eigenvalue weighted by molar-refractivity contribution is -0.118. The summed E-state index contributed by atoms with van der Waals surface area (Å²) in [6.45, 7) is 0.189. The monoisotopic (exact) mass is 347 g/mol. The number of amides is 2. The van der Waals surface area contributed by atoms with Gasteiger partial charge in [0.15, 0.2) is 0 Å². The van der Waals surface area contributed by atoms with Crippen molar-refractivity contribution < 1.29 is 9.59 Å². The van der Waals surface area contributed by atoms with Crippen molar-refractivity contribution in [1.29, 1.82) is 0 Å². The smallest absolute Gasteiger partial charge is 0.254 e. The number of pyridine rings is 1. The molecule has 21 heavy (non-hydrogen) atoms. The number of benzene rings is 1. The second-order valence-electron chi connectivity index (χ2n) is 4.49. The summed E-state index contributed by atoms with van der Waals surface area (Å²) in [6, 6.07) is 10.8. The van der Waals surface area contributed by atoms with E-state index in [-0.39, 0.29) is 12.5 Å². The van der Waals surface area contributed by atoms with E-state index in [9.17, 15) is 9.59 Å². The van der Waals surface area contributed by atoms with E-state index >= 15 is 0 Å². The number of aromatic nitrogens is 1. The van der Waals surface area contributed by atoms with Gasteiger partial charge in [0.1, 0.15) is 0 Å². The molecule has 6 heteroatoms. The van der Waals surface area contributed by atoms with Crippen molar-refractivity contribution in [2.75, 3.05) is 6.54 Å². The average molecular weight is 348 g/mol. The summed E-state index contributed by atoms with van der Waals surface area (Å²) in [6.07, 6.45) is 3.07. The van der Waals surface area contributed by atoms with Crippen LogP contribution in [0.3, 0.4) is 0 Å². The number of carbonyl (C=O) groups is 2. The minimum atomic E-state index is -0.547. The van der Waals surface area contributed by atoms with E-state index in [1.807, 2.05) is 24.3 Å². The van der Waals surface area contributed by atoms with Crippen molar-refractivity contribution in [3.63, 3.8) is 0 Å². The van der Waals surface area contributed by atoms with Crippen molar-refractivity contribution in [3.05, 3.63) is 64.4 Å². The molecule has 2 aromatic rings. The first-order valence-electron chi connectivity index (χ1n) is 6.28. The second kappa shape index (κ2) is 6.99. The summed E-state index contributed by atoms with van der Waals surface area (Å²) < 4.78 is 0.952. The average Bonchev–Trinajstić information content (AvgIpc) is 2.48. The lowest BCUT2D eigenvalue weighted by Crippen LogP contribution is -2.38. The van der Waals surface area contributed by atoms with Gasteiger partial charge in [-0.05, 0) is 29.8 Å². The molecule has 0 fully saturated rings. The third-order valence-electron chi connectivity index (χ3n) is 2.85. The normalized spacial score (nSPS) is 10.1. The maximum absolute atomic E-state index is 12.4. The Kier molecular flexibility index (Phi) is 5.05. The van der Waals surface area contributed by atoms with Crippen LogP contribution in [0.2, 0.25) is 0 Å². The Morgan fingerprint density at radius 3 is 2.29 bits per heavy atom. The van der Waals surface area contributed by atoms with Crippen molar-refractivity contribution in [1.82, 2.24) is 9.88 Å². The number of hydrogen-bond donors (Lipinski definition) is 1. The van der Waals surface area contributed by atoms with Crippen LogP contribution in [-0.2, 0) is 11.3 Å². The van der Waals surface area contributed by atoms with Gasteiger partial charge in [0.05, 0.1) is 6.54 Å². The number of nitrogens with two attached hydrogens (primary N) is 1. The number of primary amides is 1. The molecule has 1 aromatic heterocycles. The van der Waals surface area contributed by atoms with Gasteiger partial charge >= 0.3 is 0 Å². The minimum absolute atomic E-state index is 0.128. The molecular weight excluding hydrogens is 334 g/mol. The Balaban J connectivity index is 2.20. The number of halogens is 1. The van der Waals surface area contributed by atoms with Crippen LogP contribution in [0.25, 0.3) is 0 Å². The van der Waals surface area contributed by atoms with E-state index in [4.69, 9.17) is 5.73 Å². The summed E-state index contributed by atoms with van der Waals surface area (Å²) in [5, 5.41) is 0. The molecule has 5 nitrogen and oxygen atoms in total. The first-order valence-corrected chi connectivity index (χ1v) is 7.07. The topological polar surface area (TPSA) is 76.3 Å². The highest BCUT2D eigenvalue weighted by atomic mass is 79.9. The molecule has 2 amide bonds. The quantitative estimate of drug-likeness (QED) is 0.898. The summed E-state index contributed by atoms with van der Waals surface area (Å²) in [7, 11) is 0. The molecule has 0 unspecified atom stereocenters. The van der Waals surface area contributed by atoms with Crippen molar-refractivity contribution >= 4 is 27.7 Å². The van der Waals surface area contributed by atoms with E-state index < -0.39 is 5.91 Å². The van der Waals surface area contributed by atoms with Gasteiger partial charge in [0.2, 0.25) is 5.91 Å². The Morgan fingerprint density at radius 1 is 1.10 bits per heavy atom. The van der Waals surface area contributed by atoms with Crippen LogP contribution in [0, 0.1) is 0 Å². The first-order chi connectivity index (χ1) is 10.1. The number of rotatable bonds is 5. The molecule has 1 aromatic carbocycles. The molecular formula is C15H14BrN3O2. The van der Waals surface area contributed by atoms with E-state index in [1.54, 1.807) is 12.1 Å². The lowest BCUT2D eigenvalue weighted by Gasteiger charge is -2.21. The van der Waals surface area contributed by atoms with Gasteiger partial charge in [0.25, 0.3) is 5.91 Å². The van der Waals surface area contributed by atoms with E-state index in [0.29, 0.717) is 12.1 Å². The van der Waals surface area contributed by atoms with Crippen LogP contribution in [0.5, 0.6) is 0 Å². The van der Waals surface area contributed by atoms with Gasteiger partial charge in [-0.2, -0.15) is 0 Å². The van der Waals surface area contributed by atoms with Crippen LogP contribution in [0.15, 0.2) is 53.3 Å². The molecule has 0 aliphatic heterocycles. The fourth-order valence-corrected chi connectivity index (χ4v) is 2.14. The summed E-state index contributed by atoms with van der Waals surface area (Å²) in [5.74, 6) is -0.798. The molecule has 108 valence electrons. The molecule has 0 aliphatic carbocycles. The molecule has 1 heterocycles. The highest BCUT2D eigenvalue weighted by Crippen LogP contribution is 2.13. The molecule has 0 bridgehead atoms. The highest BCUT2D eigenvalue weighted by molar-refractivity contribution is 9.10. The molecule has 0 spiro atoms. The zero-order valence-corrected chi connectivity index (χ0v) is 12.8. The lowest BCUT2D eigenvalue weighted by atomic mass is 10.2. The molecule has 0 aliphatic rings. The van der Waals surface area contributed by atoms with E-state index in [2.05, 4.69) is 20.9 Å². The Hall–Kier alpha value is -2.21. The van der Waals surface area contributed by atoms with Gasteiger partial charge < -0.3 is 10.6 Å². The fraction of sp³-hybridized carbons (Fsp3) is 0.133. The Morgan fingerprint density at radius 2 is 1.71 bits per heavy atom. The highest BCUT2D eigenvalue weighted by Gasteiger charge is 2.18. The van der Waals surface area contributed by atoms with E-state index in [0.717, 1.165) is 10.0 Å². The summed E-state index contributed by atoms with van der Waals surface area (Å²) in [5.41, 5.74) is 6.63. The molecule has 0 saturated heterocycles. The second-order valence-corrected chi connectivity index (χ2v) is 5.41. The van der Waals surface area contributed by atoms with Crippen LogP contribution >= 0.6 is 15.9 Å². The minimum Gasteiger partial charge on any atom is -0.368 e. The van der Waals surface area contributed by atoms with Crippen molar-refractivity contribution in [2.24, 2.45) is 5.73 Å². The summed E-state index contributed by atoms with van der Waals surface area (Å²) >= 11 is 3.36. The summed E-state index contributed by atoms with van der Waals surface area (Å²) in [4.78, 5) is 28.9. The van der Waals surface area contributed by atoms with Gasteiger partial charge in [0, 0.05) is 29.0 Å². The third-order valence-corrected chi connectivity index (χ3v) is 3.38. The van der Waals surface area contributed by atoms with Crippen LogP contribution in [0.4, 0.5) is 0 Å². The van der Waals surface area contributed by atoms with Crippen LogP contribution < -0.4 is 5.73 Å². The molecule has 0 saturated carbocycles. The van der Waals surface area contributed by atoms with Crippen LogP contribution in [0.1, 0.15) is 15.9 Å². The SMILES string of the molecule is NC(=O)CN(Cc1ccc(Br)cc1)C(=O)c1ccncc1. The maximum atomic E-state index is 12.4. The molecule has 2 N–H and O–H groups in total. The molecule has 2 rings (SSSR count). The molecule has 0 atom stereocenters. The maximum Gasteiger partial charge on any atom is 0.254 e. The van der Waals surface area contributed by atoms with Crippen LogP contribution in [-0.4, -0.2) is 28.2 Å².